The summed E-state index contributed by atoms with van der Waals surface area (Å²) >= 11 is 0. The molecular formula is C62H50N2. The third-order valence-electron chi connectivity index (χ3n) is 14.3. The Morgan fingerprint density at radius 2 is 1.30 bits per heavy atom. The van der Waals surface area contributed by atoms with E-state index in [-0.39, 0.29) is 11.3 Å². The van der Waals surface area contributed by atoms with Crippen LogP contribution in [-0.2, 0) is 5.41 Å². The zero-order chi connectivity index (χ0) is 42.6. The smallest absolute Gasteiger partial charge is 0.0541 e. The summed E-state index contributed by atoms with van der Waals surface area (Å²) in [5.74, 6) is 0.851. The van der Waals surface area contributed by atoms with Crippen LogP contribution in [0.4, 0.5) is 11.4 Å². The molecule has 3 unspecified atom stereocenters. The Balaban J connectivity index is 0.995. The summed E-state index contributed by atoms with van der Waals surface area (Å²) in [6.07, 6.45) is 25.0. The van der Waals surface area contributed by atoms with E-state index in [0.29, 0.717) is 5.92 Å². The number of aromatic nitrogens is 1. The van der Waals surface area contributed by atoms with Gasteiger partial charge in [0, 0.05) is 33.5 Å². The van der Waals surface area contributed by atoms with Crippen molar-refractivity contribution in [3.05, 3.63) is 258 Å². The Bertz CT molecular complexity index is 3280. The molecule has 12 rings (SSSR count). The lowest BCUT2D eigenvalue weighted by atomic mass is 9.62. The highest BCUT2D eigenvalue weighted by Gasteiger charge is 2.49. The first-order chi connectivity index (χ1) is 31.6. The van der Waals surface area contributed by atoms with Gasteiger partial charge >= 0.3 is 0 Å². The van der Waals surface area contributed by atoms with Crippen LogP contribution in [0.15, 0.2) is 230 Å². The molecule has 0 bridgehead atoms. The van der Waals surface area contributed by atoms with Gasteiger partial charge in [0.15, 0.2) is 0 Å². The highest BCUT2D eigenvalue weighted by molar-refractivity contribution is 6.10. The quantitative estimate of drug-likeness (QED) is 0.148. The van der Waals surface area contributed by atoms with Gasteiger partial charge in [-0.2, -0.15) is 0 Å². The van der Waals surface area contributed by atoms with Crippen LogP contribution in [0, 0.1) is 11.8 Å². The van der Waals surface area contributed by atoms with Crippen LogP contribution in [0.25, 0.3) is 49.8 Å². The molecule has 3 atom stereocenters. The fourth-order valence-corrected chi connectivity index (χ4v) is 11.3. The molecular weight excluding hydrogens is 773 g/mol. The van der Waals surface area contributed by atoms with Gasteiger partial charge in [0.1, 0.15) is 0 Å². The second-order valence-electron chi connectivity index (χ2n) is 18.0. The Hall–Kier alpha value is -7.42. The highest BCUT2D eigenvalue weighted by atomic mass is 15.1. The molecule has 0 saturated carbocycles. The lowest BCUT2D eigenvalue weighted by Crippen LogP contribution is -2.35. The maximum absolute atomic E-state index is 2.54. The topological polar surface area (TPSA) is 8.17 Å². The molecule has 308 valence electrons. The van der Waals surface area contributed by atoms with E-state index >= 15 is 0 Å². The van der Waals surface area contributed by atoms with E-state index in [1.54, 1.807) is 0 Å². The number of allylic oxidation sites excluding steroid dienone is 12. The van der Waals surface area contributed by atoms with Crippen LogP contribution in [0.2, 0.25) is 0 Å². The van der Waals surface area contributed by atoms with Crippen molar-refractivity contribution in [3.63, 3.8) is 0 Å². The predicted molar refractivity (Wildman–Crippen MR) is 270 cm³/mol. The largest absolute Gasteiger partial charge is 0.314 e. The zero-order valence-corrected chi connectivity index (χ0v) is 36.2. The Morgan fingerprint density at radius 3 is 2.08 bits per heavy atom. The number of fused-ring (bicyclic) bond motifs is 6. The maximum atomic E-state index is 2.54. The van der Waals surface area contributed by atoms with Crippen molar-refractivity contribution in [3.8, 4) is 16.8 Å². The summed E-state index contributed by atoms with van der Waals surface area (Å²) in [6.45, 7) is 2.29. The molecule has 0 radical (unpaired) electrons. The van der Waals surface area contributed by atoms with Crippen molar-refractivity contribution in [2.75, 3.05) is 4.90 Å². The first kappa shape index (κ1) is 38.3. The molecule has 0 aliphatic heterocycles. The highest BCUT2D eigenvalue weighted by Crippen LogP contribution is 2.59. The number of benzene rings is 7. The van der Waals surface area contributed by atoms with Crippen molar-refractivity contribution in [1.29, 1.82) is 0 Å². The van der Waals surface area contributed by atoms with E-state index in [9.17, 15) is 0 Å². The van der Waals surface area contributed by atoms with Gasteiger partial charge in [-0.05, 0) is 148 Å². The van der Waals surface area contributed by atoms with Crippen molar-refractivity contribution in [1.82, 2.24) is 4.57 Å². The number of para-hydroxylation sites is 2. The fraction of sp³-hybridized carbons (Fsp3) is 0.129. The normalized spacial score (nSPS) is 19.9. The van der Waals surface area contributed by atoms with Gasteiger partial charge in [-0.1, -0.05) is 171 Å². The number of hydrogen-bond acceptors (Lipinski definition) is 1. The fourth-order valence-electron chi connectivity index (χ4n) is 11.3. The molecule has 0 saturated heterocycles. The molecule has 0 amide bonds. The van der Waals surface area contributed by atoms with E-state index in [1.807, 2.05) is 0 Å². The zero-order valence-electron chi connectivity index (χ0n) is 36.2. The Labute approximate surface area is 376 Å². The summed E-state index contributed by atoms with van der Waals surface area (Å²) in [7, 11) is 0. The van der Waals surface area contributed by atoms with Crippen LogP contribution in [0.1, 0.15) is 60.4 Å². The third-order valence-corrected chi connectivity index (χ3v) is 14.3. The summed E-state index contributed by atoms with van der Waals surface area (Å²) < 4.78 is 2.40. The van der Waals surface area contributed by atoms with Gasteiger partial charge in [-0.15, -0.1) is 0 Å². The molecule has 1 heterocycles. The molecule has 7 aromatic carbocycles. The SMILES string of the molecule is CC1C=CC(c2ccc(N(C3=CC=C(c4ccc5c(c4)c4ccccc4n5-c4ccccc4)CC3)c3ccc4c(c3)C(c3ccccc3)(C3C=CC=CC3)c3ccccc3-4)cc2)=CC1. The molecule has 0 spiro atoms. The Morgan fingerprint density at radius 1 is 0.562 bits per heavy atom. The van der Waals surface area contributed by atoms with Crippen molar-refractivity contribution < 1.29 is 0 Å². The first-order valence-electron chi connectivity index (χ1n) is 23.1. The molecule has 64 heavy (non-hydrogen) atoms. The van der Waals surface area contributed by atoms with Gasteiger partial charge in [0.2, 0.25) is 0 Å². The summed E-state index contributed by atoms with van der Waals surface area (Å²) in [5, 5.41) is 2.57. The summed E-state index contributed by atoms with van der Waals surface area (Å²) in [5.41, 5.74) is 19.0. The molecule has 4 aliphatic carbocycles. The van der Waals surface area contributed by atoms with Gasteiger partial charge in [0.05, 0.1) is 16.4 Å². The van der Waals surface area contributed by atoms with E-state index < -0.39 is 0 Å². The lowest BCUT2D eigenvalue weighted by molar-refractivity contribution is 0.457. The minimum atomic E-state index is -0.340. The average Bonchev–Trinajstić information content (AvgIpc) is 3.86. The first-order valence-corrected chi connectivity index (χ1v) is 23.1. The second kappa shape index (κ2) is 15.7. The van der Waals surface area contributed by atoms with E-state index in [2.05, 4.69) is 241 Å². The molecule has 8 aromatic rings. The van der Waals surface area contributed by atoms with Crippen LogP contribution >= 0.6 is 0 Å². The number of anilines is 2. The third kappa shape index (κ3) is 6.23. The van der Waals surface area contributed by atoms with Crippen LogP contribution in [-0.4, -0.2) is 4.57 Å². The Kier molecular flexibility index (Phi) is 9.41. The van der Waals surface area contributed by atoms with Gasteiger partial charge < -0.3 is 9.47 Å². The van der Waals surface area contributed by atoms with Gasteiger partial charge in [-0.3, -0.25) is 0 Å². The minimum absolute atomic E-state index is 0.267. The molecule has 0 fully saturated rings. The molecule has 4 aliphatic rings. The molecule has 1 aromatic heterocycles. The van der Waals surface area contributed by atoms with E-state index in [1.165, 1.54) is 94.7 Å². The maximum Gasteiger partial charge on any atom is 0.0541 e. The summed E-state index contributed by atoms with van der Waals surface area (Å²) in [6, 6.07) is 63.6. The summed E-state index contributed by atoms with van der Waals surface area (Å²) in [4.78, 5) is 2.54. The van der Waals surface area contributed by atoms with Crippen LogP contribution in [0.3, 0.4) is 0 Å². The molecule has 2 nitrogen and oxygen atoms in total. The minimum Gasteiger partial charge on any atom is -0.314 e. The van der Waals surface area contributed by atoms with Crippen LogP contribution < -0.4 is 4.90 Å². The monoisotopic (exact) mass is 822 g/mol. The molecule has 2 heteroatoms. The van der Waals surface area contributed by atoms with Gasteiger partial charge in [-0.25, -0.2) is 0 Å². The average molecular weight is 823 g/mol. The van der Waals surface area contributed by atoms with E-state index in [4.69, 9.17) is 0 Å². The van der Waals surface area contributed by atoms with Crippen molar-refractivity contribution >= 4 is 44.3 Å². The number of rotatable bonds is 8. The van der Waals surface area contributed by atoms with Crippen molar-refractivity contribution in [2.45, 2.75) is 38.0 Å². The van der Waals surface area contributed by atoms with E-state index in [0.717, 1.165) is 25.7 Å². The molecule has 0 N–H and O–H groups in total. The van der Waals surface area contributed by atoms with Gasteiger partial charge in [0.25, 0.3) is 0 Å². The number of nitrogens with zero attached hydrogens (tertiary/aromatic N) is 2. The standard InChI is InChI=1S/C62H50N2/c1-43-25-27-44(28-26-43)45-29-34-51(35-30-45)63(52-36-31-46(32-37-52)47-33-40-61-57(41-47)56-22-12-14-24-60(56)64(61)50-19-9-4-10-20-50)53-38-39-55-54-21-11-13-23-58(54)62(59(55)42-53,48-15-5-2-6-16-48)49-17-7-3-8-18-49/h2-17,19-25,27-31,33-36,38-43,49H,18,26,32,37H2,1H3. The second-order valence-corrected chi connectivity index (χ2v) is 18.0. The van der Waals surface area contributed by atoms with Crippen molar-refractivity contribution in [2.24, 2.45) is 11.8 Å². The predicted octanol–water partition coefficient (Wildman–Crippen LogP) is 16.1. The number of hydrogen-bond donors (Lipinski definition) is 0. The lowest BCUT2D eigenvalue weighted by Gasteiger charge is -2.40. The van der Waals surface area contributed by atoms with Crippen LogP contribution in [0.5, 0.6) is 0 Å².